The Hall–Kier alpha value is -1.62. The Kier molecular flexibility index (Phi) is 3.28. The topological polar surface area (TPSA) is 66.6 Å². The van der Waals surface area contributed by atoms with Crippen molar-refractivity contribution < 1.29 is 10.0 Å². The lowest BCUT2D eigenvalue weighted by Crippen LogP contribution is -2.27. The molecule has 0 bridgehead atoms. The number of benzene rings is 1. The second-order valence-corrected chi connectivity index (χ2v) is 4.42. The van der Waals surface area contributed by atoms with Gasteiger partial charge >= 0.3 is 0 Å². The number of nitrogens with zero attached hydrogens (tertiary/aromatic N) is 2. The third-order valence-electron chi connectivity index (χ3n) is 3.28. The third kappa shape index (κ3) is 2.24. The Labute approximate surface area is 99.8 Å². The first kappa shape index (κ1) is 11.9. The van der Waals surface area contributed by atoms with Crippen molar-refractivity contribution in [3.05, 3.63) is 33.9 Å². The molecule has 0 aliphatic carbocycles. The minimum atomic E-state index is -0.375. The Morgan fingerprint density at radius 1 is 1.59 bits per heavy atom. The second-order valence-electron chi connectivity index (χ2n) is 4.42. The van der Waals surface area contributed by atoms with Crippen molar-refractivity contribution in [1.82, 2.24) is 0 Å². The van der Waals surface area contributed by atoms with E-state index >= 15 is 0 Å². The zero-order valence-electron chi connectivity index (χ0n) is 9.80. The Morgan fingerprint density at radius 2 is 2.35 bits per heavy atom. The number of hydrogen-bond acceptors (Lipinski definition) is 4. The number of rotatable bonds is 3. The van der Waals surface area contributed by atoms with Gasteiger partial charge in [0.25, 0.3) is 5.69 Å². The summed E-state index contributed by atoms with van der Waals surface area (Å²) in [6, 6.07) is 5.29. The molecule has 1 aromatic carbocycles. The highest BCUT2D eigenvalue weighted by molar-refractivity contribution is 5.65. The number of hydrogen-bond donors (Lipinski definition) is 1. The molecular formula is C12H16N2O3. The van der Waals surface area contributed by atoms with E-state index in [2.05, 4.69) is 11.8 Å². The van der Waals surface area contributed by atoms with Crippen LogP contribution in [0.2, 0.25) is 0 Å². The zero-order valence-corrected chi connectivity index (χ0v) is 9.80. The predicted octanol–water partition coefficient (Wildman–Crippen LogP) is 2.08. The van der Waals surface area contributed by atoms with Crippen LogP contribution >= 0.6 is 0 Å². The van der Waals surface area contributed by atoms with Gasteiger partial charge in [0.15, 0.2) is 0 Å². The van der Waals surface area contributed by atoms with Crippen LogP contribution in [0.25, 0.3) is 0 Å². The van der Waals surface area contributed by atoms with Crippen molar-refractivity contribution in [2.24, 2.45) is 0 Å². The van der Waals surface area contributed by atoms with Gasteiger partial charge in [0.2, 0.25) is 0 Å². The molecule has 1 fully saturated rings. The molecule has 5 nitrogen and oxygen atoms in total. The summed E-state index contributed by atoms with van der Waals surface area (Å²) in [4.78, 5) is 12.7. The Balaban J connectivity index is 2.42. The molecule has 1 aromatic rings. The molecule has 1 aliphatic rings. The van der Waals surface area contributed by atoms with Crippen molar-refractivity contribution in [3.8, 4) is 0 Å². The van der Waals surface area contributed by atoms with Crippen LogP contribution in [0.3, 0.4) is 0 Å². The summed E-state index contributed by atoms with van der Waals surface area (Å²) in [6.45, 7) is 2.77. The maximum Gasteiger partial charge on any atom is 0.292 e. The molecular weight excluding hydrogens is 220 g/mol. The lowest BCUT2D eigenvalue weighted by atomic mass is 10.1. The van der Waals surface area contributed by atoms with E-state index in [9.17, 15) is 10.1 Å². The molecule has 1 saturated heterocycles. The number of nitro groups is 1. The average molecular weight is 236 g/mol. The normalized spacial score (nSPS) is 19.6. The van der Waals surface area contributed by atoms with Gasteiger partial charge in [-0.05, 0) is 31.4 Å². The molecule has 1 atom stereocenters. The van der Waals surface area contributed by atoms with Crippen LogP contribution in [-0.4, -0.2) is 22.6 Å². The van der Waals surface area contributed by atoms with Crippen LogP contribution in [0.1, 0.15) is 25.3 Å². The second kappa shape index (κ2) is 4.71. The van der Waals surface area contributed by atoms with Crippen LogP contribution in [0.5, 0.6) is 0 Å². The van der Waals surface area contributed by atoms with Crippen molar-refractivity contribution in [3.63, 3.8) is 0 Å². The van der Waals surface area contributed by atoms with Gasteiger partial charge in [-0.25, -0.2) is 0 Å². The van der Waals surface area contributed by atoms with Gasteiger partial charge in [-0.1, -0.05) is 6.07 Å². The molecule has 1 aliphatic heterocycles. The highest BCUT2D eigenvalue weighted by atomic mass is 16.6. The summed E-state index contributed by atoms with van der Waals surface area (Å²) in [5.41, 5.74) is 1.33. The minimum absolute atomic E-state index is 0.0882. The lowest BCUT2D eigenvalue weighted by molar-refractivity contribution is -0.384. The van der Waals surface area contributed by atoms with Crippen molar-refractivity contribution in [2.75, 3.05) is 11.4 Å². The first-order chi connectivity index (χ1) is 8.13. The number of aliphatic hydroxyl groups excluding tert-OH is 1. The molecule has 0 amide bonds. The summed E-state index contributed by atoms with van der Waals surface area (Å²) in [6.07, 6.45) is 2.14. The highest BCUT2D eigenvalue weighted by Gasteiger charge is 2.26. The van der Waals surface area contributed by atoms with Crippen LogP contribution in [0.4, 0.5) is 11.4 Å². The van der Waals surface area contributed by atoms with Gasteiger partial charge in [-0.15, -0.1) is 0 Å². The van der Waals surface area contributed by atoms with Crippen LogP contribution in [-0.2, 0) is 6.61 Å². The molecule has 17 heavy (non-hydrogen) atoms. The lowest BCUT2D eigenvalue weighted by Gasteiger charge is -2.23. The van der Waals surface area contributed by atoms with E-state index in [1.165, 1.54) is 6.07 Å². The molecule has 0 aromatic heterocycles. The highest BCUT2D eigenvalue weighted by Crippen LogP contribution is 2.34. The zero-order chi connectivity index (χ0) is 12.4. The molecule has 0 saturated carbocycles. The fourth-order valence-corrected chi connectivity index (χ4v) is 2.35. The summed E-state index contributed by atoms with van der Waals surface area (Å²) in [7, 11) is 0. The maximum absolute atomic E-state index is 11.1. The van der Waals surface area contributed by atoms with Gasteiger partial charge in [0.05, 0.1) is 11.5 Å². The van der Waals surface area contributed by atoms with E-state index in [-0.39, 0.29) is 17.2 Å². The minimum Gasteiger partial charge on any atom is -0.392 e. The first-order valence-corrected chi connectivity index (χ1v) is 5.78. The van der Waals surface area contributed by atoms with Gasteiger partial charge in [0.1, 0.15) is 5.69 Å². The molecule has 0 spiro atoms. The number of nitro benzene ring substituents is 1. The van der Waals surface area contributed by atoms with Crippen molar-refractivity contribution in [1.29, 1.82) is 0 Å². The quantitative estimate of drug-likeness (QED) is 0.644. The molecule has 1 heterocycles. The standard InChI is InChI=1S/C12H16N2O3/c1-9-3-2-6-13(9)11-5-4-10(8-15)7-12(11)14(16)17/h4-5,7,9,15H,2-3,6,8H2,1H3. The average Bonchev–Trinajstić information content (AvgIpc) is 2.74. The monoisotopic (exact) mass is 236 g/mol. The van der Waals surface area contributed by atoms with Gasteiger partial charge in [-0.3, -0.25) is 10.1 Å². The van der Waals surface area contributed by atoms with E-state index in [4.69, 9.17) is 5.11 Å². The SMILES string of the molecule is CC1CCCN1c1ccc(CO)cc1[N+](=O)[O-]. The van der Waals surface area contributed by atoms with Crippen LogP contribution < -0.4 is 4.90 Å². The van der Waals surface area contributed by atoms with Crippen molar-refractivity contribution in [2.45, 2.75) is 32.4 Å². The van der Waals surface area contributed by atoms with E-state index in [1.54, 1.807) is 12.1 Å². The number of anilines is 1. The van der Waals surface area contributed by atoms with Gasteiger partial charge in [-0.2, -0.15) is 0 Å². The fraction of sp³-hybridized carbons (Fsp3) is 0.500. The van der Waals surface area contributed by atoms with Crippen molar-refractivity contribution >= 4 is 11.4 Å². The smallest absolute Gasteiger partial charge is 0.292 e. The van der Waals surface area contributed by atoms with Gasteiger partial charge in [0, 0.05) is 18.7 Å². The summed E-state index contributed by atoms with van der Waals surface area (Å²) in [5.74, 6) is 0. The predicted molar refractivity (Wildman–Crippen MR) is 65.1 cm³/mol. The van der Waals surface area contributed by atoms with Gasteiger partial charge < -0.3 is 10.0 Å². The Bertz CT molecular complexity index is 434. The molecule has 0 radical (unpaired) electrons. The van der Waals surface area contributed by atoms with Crippen LogP contribution in [0.15, 0.2) is 18.2 Å². The molecule has 1 unspecified atom stereocenters. The molecule has 92 valence electrons. The fourth-order valence-electron chi connectivity index (χ4n) is 2.35. The summed E-state index contributed by atoms with van der Waals surface area (Å²) < 4.78 is 0. The Morgan fingerprint density at radius 3 is 2.88 bits per heavy atom. The largest absolute Gasteiger partial charge is 0.392 e. The van der Waals surface area contributed by atoms with E-state index in [1.807, 2.05) is 0 Å². The number of aliphatic hydroxyl groups is 1. The van der Waals surface area contributed by atoms with Crippen LogP contribution in [0, 0.1) is 10.1 Å². The maximum atomic E-state index is 11.1. The summed E-state index contributed by atoms with van der Waals surface area (Å²) in [5, 5.41) is 20.1. The first-order valence-electron chi connectivity index (χ1n) is 5.78. The van der Waals surface area contributed by atoms with E-state index < -0.39 is 0 Å². The molecule has 2 rings (SSSR count). The molecule has 5 heteroatoms. The summed E-state index contributed by atoms with van der Waals surface area (Å²) >= 11 is 0. The van der Waals surface area contributed by atoms with E-state index in [0.717, 1.165) is 19.4 Å². The molecule has 1 N–H and O–H groups in total. The third-order valence-corrected chi connectivity index (χ3v) is 3.28. The van der Waals surface area contributed by atoms with E-state index in [0.29, 0.717) is 17.3 Å².